The van der Waals surface area contributed by atoms with E-state index in [1.54, 1.807) is 6.33 Å². The fraction of sp³-hybridized carbons (Fsp3) is 0.0526. The lowest BCUT2D eigenvalue weighted by Crippen LogP contribution is -2.19. The summed E-state index contributed by atoms with van der Waals surface area (Å²) >= 11 is 4.76. The Morgan fingerprint density at radius 1 is 1.04 bits per heavy atom. The Labute approximate surface area is 168 Å². The van der Waals surface area contributed by atoms with Crippen molar-refractivity contribution in [1.82, 2.24) is 19.9 Å². The van der Waals surface area contributed by atoms with Crippen molar-refractivity contribution in [3.8, 4) is 0 Å². The van der Waals surface area contributed by atoms with Crippen molar-refractivity contribution in [1.29, 1.82) is 0 Å². The molecule has 0 aliphatic carbocycles. The second-order valence-electron chi connectivity index (χ2n) is 5.68. The van der Waals surface area contributed by atoms with Crippen molar-refractivity contribution >= 4 is 50.5 Å². The summed E-state index contributed by atoms with van der Waals surface area (Å²) in [5, 5.41) is 3.18. The number of rotatable bonds is 5. The third-order valence-corrected chi connectivity index (χ3v) is 5.65. The molecule has 4 aromatic rings. The predicted octanol–water partition coefficient (Wildman–Crippen LogP) is 4.59. The molecule has 2 heterocycles. The van der Waals surface area contributed by atoms with Crippen LogP contribution < -0.4 is 5.32 Å². The Morgan fingerprint density at radius 2 is 1.81 bits per heavy atom. The van der Waals surface area contributed by atoms with Gasteiger partial charge in [-0.15, -0.1) is 0 Å². The molecule has 0 radical (unpaired) electrons. The predicted molar refractivity (Wildman–Crippen MR) is 109 cm³/mol. The normalized spacial score (nSPS) is 12.0. The van der Waals surface area contributed by atoms with Gasteiger partial charge in [-0.05, 0) is 29.8 Å². The fourth-order valence-corrected chi connectivity index (χ4v) is 3.91. The highest BCUT2D eigenvalue weighted by molar-refractivity contribution is 9.10. The zero-order valence-electron chi connectivity index (χ0n) is 14.0. The molecule has 4 rings (SSSR count). The molecule has 8 heteroatoms. The second kappa shape index (κ2) is 7.89. The lowest BCUT2D eigenvalue weighted by molar-refractivity contribution is -0.115. The monoisotopic (exact) mass is 439 g/mol. The number of amides is 1. The minimum Gasteiger partial charge on any atom is -0.341 e. The number of hydrogen-bond acceptors (Lipinski definition) is 5. The smallest absolute Gasteiger partial charge is 0.242 e. The number of H-pyrrole nitrogens is 1. The standard InChI is InChI=1S/C19H14BrN5OS/c20-13-6-8-14(9-7-13)25-18(26)16(12-4-2-1-3-5-12)27-19-15-17(22-10-21-15)23-11-24-19/h1-11,16H,(H,25,26)(H,21,22,23,24)/t16-/m0/s1. The van der Waals surface area contributed by atoms with E-state index in [1.807, 2.05) is 54.6 Å². The Balaban J connectivity index is 1.66. The minimum atomic E-state index is -0.476. The number of nitrogens with one attached hydrogen (secondary N) is 2. The first-order chi connectivity index (χ1) is 13.2. The van der Waals surface area contributed by atoms with Gasteiger partial charge in [-0.25, -0.2) is 15.0 Å². The average molecular weight is 440 g/mol. The van der Waals surface area contributed by atoms with Gasteiger partial charge in [-0.2, -0.15) is 0 Å². The van der Waals surface area contributed by atoms with Gasteiger partial charge < -0.3 is 10.3 Å². The van der Waals surface area contributed by atoms with E-state index in [-0.39, 0.29) is 5.91 Å². The molecule has 2 N–H and O–H groups in total. The van der Waals surface area contributed by atoms with Crippen molar-refractivity contribution in [2.24, 2.45) is 0 Å². The molecule has 0 aliphatic rings. The van der Waals surface area contributed by atoms with Gasteiger partial charge >= 0.3 is 0 Å². The molecule has 134 valence electrons. The van der Waals surface area contributed by atoms with Crippen LogP contribution in [0.3, 0.4) is 0 Å². The van der Waals surface area contributed by atoms with Gasteiger partial charge in [0.2, 0.25) is 5.91 Å². The molecule has 0 spiro atoms. The van der Waals surface area contributed by atoms with Crippen molar-refractivity contribution in [3.05, 3.63) is 77.3 Å². The maximum atomic E-state index is 13.1. The molecule has 0 saturated heterocycles. The zero-order valence-corrected chi connectivity index (χ0v) is 16.4. The highest BCUT2D eigenvalue weighted by Crippen LogP contribution is 2.37. The average Bonchev–Trinajstić information content (AvgIpc) is 3.18. The Hall–Kier alpha value is -2.71. The highest BCUT2D eigenvalue weighted by Gasteiger charge is 2.24. The van der Waals surface area contributed by atoms with E-state index in [4.69, 9.17) is 0 Å². The summed E-state index contributed by atoms with van der Waals surface area (Å²) in [6.07, 6.45) is 3.03. The van der Waals surface area contributed by atoms with E-state index in [0.717, 1.165) is 21.2 Å². The van der Waals surface area contributed by atoms with Gasteiger partial charge in [0.25, 0.3) is 0 Å². The van der Waals surface area contributed by atoms with E-state index in [2.05, 4.69) is 41.2 Å². The molecule has 1 amide bonds. The van der Waals surface area contributed by atoms with E-state index in [1.165, 1.54) is 18.1 Å². The molecule has 0 fully saturated rings. The van der Waals surface area contributed by atoms with Gasteiger partial charge in [-0.3, -0.25) is 4.79 Å². The van der Waals surface area contributed by atoms with Gasteiger partial charge in [0.05, 0.1) is 6.33 Å². The van der Waals surface area contributed by atoms with Crippen LogP contribution in [0.2, 0.25) is 0 Å². The number of carbonyl (C=O) groups is 1. The highest BCUT2D eigenvalue weighted by atomic mass is 79.9. The number of fused-ring (bicyclic) bond motifs is 1. The molecule has 2 aromatic heterocycles. The van der Waals surface area contributed by atoms with Crippen LogP contribution in [0, 0.1) is 0 Å². The van der Waals surface area contributed by atoms with Crippen molar-refractivity contribution < 1.29 is 4.79 Å². The molecule has 1 atom stereocenters. The van der Waals surface area contributed by atoms with Crippen molar-refractivity contribution in [2.75, 3.05) is 5.32 Å². The number of aromatic nitrogens is 4. The lowest BCUT2D eigenvalue weighted by atomic mass is 10.1. The Bertz CT molecular complexity index is 1070. The molecule has 2 aromatic carbocycles. The largest absolute Gasteiger partial charge is 0.341 e. The van der Waals surface area contributed by atoms with E-state index >= 15 is 0 Å². The lowest BCUT2D eigenvalue weighted by Gasteiger charge is -2.17. The maximum Gasteiger partial charge on any atom is 0.242 e. The quantitative estimate of drug-likeness (QED) is 0.351. The van der Waals surface area contributed by atoms with Gasteiger partial charge in [0.15, 0.2) is 5.65 Å². The number of hydrogen-bond donors (Lipinski definition) is 2. The van der Waals surface area contributed by atoms with Crippen LogP contribution in [0.25, 0.3) is 11.2 Å². The first kappa shape index (κ1) is 17.7. The summed E-state index contributed by atoms with van der Waals surface area (Å²) in [6, 6.07) is 17.1. The zero-order chi connectivity index (χ0) is 18.6. The van der Waals surface area contributed by atoms with Crippen LogP contribution in [0.5, 0.6) is 0 Å². The summed E-state index contributed by atoms with van der Waals surface area (Å²) in [5.74, 6) is -0.125. The summed E-state index contributed by atoms with van der Waals surface area (Å²) < 4.78 is 0.956. The molecular weight excluding hydrogens is 426 g/mol. The first-order valence-electron chi connectivity index (χ1n) is 8.13. The SMILES string of the molecule is O=C(Nc1ccc(Br)cc1)[C@@H](Sc1ncnc2nc[nH]c12)c1ccccc1. The third kappa shape index (κ3) is 4.01. The number of halogens is 1. The molecular formula is C19H14BrN5OS. The van der Waals surface area contributed by atoms with Crippen LogP contribution in [0.15, 0.2) is 76.8 Å². The molecule has 0 unspecified atom stereocenters. The van der Waals surface area contributed by atoms with E-state index in [9.17, 15) is 4.79 Å². The summed E-state index contributed by atoms with van der Waals surface area (Å²) in [4.78, 5) is 28.7. The number of benzene rings is 2. The van der Waals surface area contributed by atoms with E-state index < -0.39 is 5.25 Å². The summed E-state index contributed by atoms with van der Waals surface area (Å²) in [7, 11) is 0. The Kier molecular flexibility index (Phi) is 5.17. The van der Waals surface area contributed by atoms with Crippen LogP contribution in [0.4, 0.5) is 5.69 Å². The van der Waals surface area contributed by atoms with Gasteiger partial charge in [0, 0.05) is 10.2 Å². The maximum absolute atomic E-state index is 13.1. The van der Waals surface area contributed by atoms with Crippen LogP contribution in [-0.2, 0) is 4.79 Å². The van der Waals surface area contributed by atoms with Crippen LogP contribution in [-0.4, -0.2) is 25.8 Å². The minimum absolute atomic E-state index is 0.125. The van der Waals surface area contributed by atoms with Crippen molar-refractivity contribution in [3.63, 3.8) is 0 Å². The second-order valence-corrected chi connectivity index (χ2v) is 7.69. The third-order valence-electron chi connectivity index (χ3n) is 3.87. The molecule has 27 heavy (non-hydrogen) atoms. The van der Waals surface area contributed by atoms with Crippen molar-refractivity contribution in [2.45, 2.75) is 10.3 Å². The number of aromatic amines is 1. The number of thioether (sulfide) groups is 1. The number of imidazole rings is 1. The van der Waals surface area contributed by atoms with Gasteiger partial charge in [-0.1, -0.05) is 58.0 Å². The molecule has 0 aliphatic heterocycles. The van der Waals surface area contributed by atoms with Gasteiger partial charge in [0.1, 0.15) is 22.1 Å². The number of carbonyl (C=O) groups excluding carboxylic acids is 1. The molecule has 0 bridgehead atoms. The number of nitrogens with zero attached hydrogens (tertiary/aromatic N) is 3. The summed E-state index contributed by atoms with van der Waals surface area (Å²) in [5.41, 5.74) is 2.93. The number of anilines is 1. The Morgan fingerprint density at radius 3 is 2.59 bits per heavy atom. The van der Waals surface area contributed by atoms with Crippen LogP contribution >= 0.6 is 27.7 Å². The van der Waals surface area contributed by atoms with Crippen LogP contribution in [0.1, 0.15) is 10.8 Å². The molecule has 6 nitrogen and oxygen atoms in total. The topological polar surface area (TPSA) is 83.6 Å². The van der Waals surface area contributed by atoms with E-state index in [0.29, 0.717) is 10.7 Å². The molecule has 0 saturated carbocycles. The fourth-order valence-electron chi connectivity index (χ4n) is 2.59. The summed E-state index contributed by atoms with van der Waals surface area (Å²) in [6.45, 7) is 0. The first-order valence-corrected chi connectivity index (χ1v) is 9.80.